The first kappa shape index (κ1) is 12.8. The Hall–Kier alpha value is -1.67. The molecule has 2 nitrogen and oxygen atoms in total. The molecular weight excluding hydrogens is 220 g/mol. The van der Waals surface area contributed by atoms with Gasteiger partial charge in [-0.05, 0) is 56.2 Å². The number of pyridine rings is 1. The van der Waals surface area contributed by atoms with E-state index in [2.05, 4.69) is 54.3 Å². The summed E-state index contributed by atoms with van der Waals surface area (Å²) < 4.78 is 0. The molecule has 0 fully saturated rings. The van der Waals surface area contributed by atoms with E-state index in [4.69, 9.17) is 0 Å². The Morgan fingerprint density at radius 3 is 2.39 bits per heavy atom. The van der Waals surface area contributed by atoms with Crippen LogP contribution in [0.25, 0.3) is 11.1 Å². The van der Waals surface area contributed by atoms with Gasteiger partial charge in [0.2, 0.25) is 0 Å². The summed E-state index contributed by atoms with van der Waals surface area (Å²) in [4.78, 5) is 6.37. The van der Waals surface area contributed by atoms with Crippen molar-refractivity contribution >= 4 is 0 Å². The second kappa shape index (κ2) is 6.31. The van der Waals surface area contributed by atoms with Crippen molar-refractivity contribution in [2.45, 2.75) is 12.8 Å². The molecule has 1 heterocycles. The van der Waals surface area contributed by atoms with E-state index in [0.29, 0.717) is 0 Å². The predicted molar refractivity (Wildman–Crippen MR) is 76.5 cm³/mol. The maximum Gasteiger partial charge on any atom is 0.0346 e. The van der Waals surface area contributed by atoms with E-state index in [1.165, 1.54) is 23.1 Å². The monoisotopic (exact) mass is 240 g/mol. The van der Waals surface area contributed by atoms with Crippen molar-refractivity contribution in [1.82, 2.24) is 9.88 Å². The van der Waals surface area contributed by atoms with Gasteiger partial charge in [0.1, 0.15) is 0 Å². The molecule has 0 spiro atoms. The highest BCUT2D eigenvalue weighted by molar-refractivity contribution is 5.62. The van der Waals surface area contributed by atoms with Crippen molar-refractivity contribution in [3.8, 4) is 11.1 Å². The molecule has 94 valence electrons. The Morgan fingerprint density at radius 2 is 1.78 bits per heavy atom. The summed E-state index contributed by atoms with van der Waals surface area (Å²) in [5.41, 5.74) is 3.82. The third-order valence-corrected chi connectivity index (χ3v) is 3.02. The molecule has 2 heteroatoms. The van der Waals surface area contributed by atoms with Crippen LogP contribution in [-0.4, -0.2) is 30.5 Å². The van der Waals surface area contributed by atoms with Gasteiger partial charge in [-0.1, -0.05) is 30.3 Å². The van der Waals surface area contributed by atoms with Crippen molar-refractivity contribution in [2.24, 2.45) is 0 Å². The lowest BCUT2D eigenvalue weighted by molar-refractivity contribution is 0.400. The van der Waals surface area contributed by atoms with Gasteiger partial charge in [-0.3, -0.25) is 4.98 Å². The van der Waals surface area contributed by atoms with Crippen LogP contribution in [0.5, 0.6) is 0 Å². The number of rotatable bonds is 5. The van der Waals surface area contributed by atoms with Gasteiger partial charge in [-0.15, -0.1) is 0 Å². The van der Waals surface area contributed by atoms with E-state index in [1.807, 2.05) is 12.3 Å². The van der Waals surface area contributed by atoms with Crippen LogP contribution in [0.1, 0.15) is 12.0 Å². The highest BCUT2D eigenvalue weighted by Gasteiger charge is 1.98. The Labute approximate surface area is 109 Å². The smallest absolute Gasteiger partial charge is 0.0346 e. The van der Waals surface area contributed by atoms with E-state index in [0.717, 1.165) is 13.0 Å². The molecule has 0 N–H and O–H groups in total. The third kappa shape index (κ3) is 3.67. The van der Waals surface area contributed by atoms with E-state index in [9.17, 15) is 0 Å². The molecule has 0 unspecified atom stereocenters. The van der Waals surface area contributed by atoms with Crippen molar-refractivity contribution in [3.05, 3.63) is 54.4 Å². The van der Waals surface area contributed by atoms with E-state index in [1.54, 1.807) is 6.20 Å². The standard InChI is InChI=1S/C16H20N2/c1-18(2)12-4-5-14-7-9-15(10-8-14)16-6-3-11-17-13-16/h3,6-11,13H,4-5,12H2,1-2H3. The van der Waals surface area contributed by atoms with E-state index < -0.39 is 0 Å². The van der Waals surface area contributed by atoms with Crippen LogP contribution in [0.3, 0.4) is 0 Å². The first-order chi connectivity index (χ1) is 8.75. The van der Waals surface area contributed by atoms with Crippen LogP contribution in [0, 0.1) is 0 Å². The largest absolute Gasteiger partial charge is 0.309 e. The summed E-state index contributed by atoms with van der Waals surface area (Å²) in [5, 5.41) is 0. The number of nitrogens with zero attached hydrogens (tertiary/aromatic N) is 2. The molecule has 2 aromatic rings. The van der Waals surface area contributed by atoms with Crippen molar-refractivity contribution in [1.29, 1.82) is 0 Å². The Kier molecular flexibility index (Phi) is 4.48. The fourth-order valence-corrected chi connectivity index (χ4v) is 2.00. The molecule has 1 aromatic heterocycles. The van der Waals surface area contributed by atoms with Crippen LogP contribution in [-0.2, 0) is 6.42 Å². The van der Waals surface area contributed by atoms with Gasteiger partial charge in [0, 0.05) is 12.4 Å². The summed E-state index contributed by atoms with van der Waals surface area (Å²) >= 11 is 0. The first-order valence-corrected chi connectivity index (χ1v) is 6.40. The topological polar surface area (TPSA) is 16.1 Å². The van der Waals surface area contributed by atoms with Gasteiger partial charge in [-0.2, -0.15) is 0 Å². The lowest BCUT2D eigenvalue weighted by atomic mass is 10.0. The maximum absolute atomic E-state index is 4.15. The summed E-state index contributed by atoms with van der Waals surface area (Å²) in [6.07, 6.45) is 6.06. The summed E-state index contributed by atoms with van der Waals surface area (Å²) in [6, 6.07) is 12.9. The van der Waals surface area contributed by atoms with Gasteiger partial charge in [0.05, 0.1) is 0 Å². The minimum absolute atomic E-state index is 1.14. The molecule has 0 saturated heterocycles. The maximum atomic E-state index is 4.15. The van der Waals surface area contributed by atoms with Gasteiger partial charge in [0.15, 0.2) is 0 Å². The quantitative estimate of drug-likeness (QED) is 0.797. The lowest BCUT2D eigenvalue weighted by Crippen LogP contribution is -2.13. The normalized spacial score (nSPS) is 10.8. The molecule has 1 aromatic carbocycles. The molecule has 0 bridgehead atoms. The van der Waals surface area contributed by atoms with Crippen molar-refractivity contribution in [3.63, 3.8) is 0 Å². The van der Waals surface area contributed by atoms with Gasteiger partial charge in [-0.25, -0.2) is 0 Å². The SMILES string of the molecule is CN(C)CCCc1ccc(-c2cccnc2)cc1. The van der Waals surface area contributed by atoms with Crippen LogP contribution < -0.4 is 0 Å². The summed E-state index contributed by atoms with van der Waals surface area (Å²) in [5.74, 6) is 0. The number of hydrogen-bond acceptors (Lipinski definition) is 2. The minimum Gasteiger partial charge on any atom is -0.309 e. The third-order valence-electron chi connectivity index (χ3n) is 3.02. The van der Waals surface area contributed by atoms with Gasteiger partial charge in [0.25, 0.3) is 0 Å². The molecule has 0 amide bonds. The zero-order chi connectivity index (χ0) is 12.8. The second-order valence-electron chi connectivity index (χ2n) is 4.85. The van der Waals surface area contributed by atoms with Crippen molar-refractivity contribution < 1.29 is 0 Å². The fourth-order valence-electron chi connectivity index (χ4n) is 2.00. The number of benzene rings is 1. The first-order valence-electron chi connectivity index (χ1n) is 6.40. The molecule has 0 radical (unpaired) electrons. The average Bonchev–Trinajstić information content (AvgIpc) is 2.40. The zero-order valence-corrected chi connectivity index (χ0v) is 11.1. The molecule has 0 aliphatic carbocycles. The Balaban J connectivity index is 1.98. The van der Waals surface area contributed by atoms with Crippen LogP contribution >= 0.6 is 0 Å². The molecule has 0 atom stereocenters. The van der Waals surface area contributed by atoms with E-state index in [-0.39, 0.29) is 0 Å². The van der Waals surface area contributed by atoms with E-state index >= 15 is 0 Å². The molecule has 0 saturated carbocycles. The molecule has 2 rings (SSSR count). The Morgan fingerprint density at radius 1 is 1.00 bits per heavy atom. The summed E-state index contributed by atoms with van der Waals surface area (Å²) in [7, 11) is 4.23. The van der Waals surface area contributed by atoms with Crippen LogP contribution in [0.15, 0.2) is 48.8 Å². The molecular formula is C16H20N2. The predicted octanol–water partition coefficient (Wildman–Crippen LogP) is 3.24. The average molecular weight is 240 g/mol. The van der Waals surface area contributed by atoms with Gasteiger partial charge < -0.3 is 4.90 Å². The highest BCUT2D eigenvalue weighted by atomic mass is 15.0. The van der Waals surface area contributed by atoms with Gasteiger partial charge >= 0.3 is 0 Å². The fraction of sp³-hybridized carbons (Fsp3) is 0.312. The number of aryl methyl sites for hydroxylation is 1. The molecule has 0 aliphatic rings. The van der Waals surface area contributed by atoms with Crippen LogP contribution in [0.2, 0.25) is 0 Å². The highest BCUT2D eigenvalue weighted by Crippen LogP contribution is 2.18. The minimum atomic E-state index is 1.14. The lowest BCUT2D eigenvalue weighted by Gasteiger charge is -2.09. The van der Waals surface area contributed by atoms with Crippen LogP contribution in [0.4, 0.5) is 0 Å². The second-order valence-corrected chi connectivity index (χ2v) is 4.85. The Bertz CT molecular complexity index is 460. The molecule has 18 heavy (non-hydrogen) atoms. The number of aromatic nitrogens is 1. The number of hydrogen-bond donors (Lipinski definition) is 0. The zero-order valence-electron chi connectivity index (χ0n) is 11.1. The molecule has 0 aliphatic heterocycles. The van der Waals surface area contributed by atoms with Crippen molar-refractivity contribution in [2.75, 3.05) is 20.6 Å². The summed E-state index contributed by atoms with van der Waals surface area (Å²) in [6.45, 7) is 1.14.